The van der Waals surface area contributed by atoms with E-state index in [1.165, 1.54) is 9.80 Å². The normalized spacial score (nSPS) is 28.9. The summed E-state index contributed by atoms with van der Waals surface area (Å²) in [6.45, 7) is 5.57. The number of hydrogen-bond acceptors (Lipinski definition) is 9. The first kappa shape index (κ1) is 36.9. The smallest absolute Gasteiger partial charge is 0.410 e. The summed E-state index contributed by atoms with van der Waals surface area (Å²) in [5.41, 5.74) is -0.528. The molecule has 3 N–H and O–H groups in total. The molecule has 5 aliphatic rings. The molecule has 278 valence electrons. The Bertz CT molecular complexity index is 1730. The van der Waals surface area contributed by atoms with Gasteiger partial charge in [-0.1, -0.05) is 42.7 Å². The highest BCUT2D eigenvalue weighted by molar-refractivity contribution is 7.91. The van der Waals surface area contributed by atoms with Gasteiger partial charge in [0.05, 0.1) is 11.8 Å². The predicted octanol–water partition coefficient (Wildman–Crippen LogP) is 3.66. The van der Waals surface area contributed by atoms with E-state index in [0.717, 1.165) is 24.0 Å². The van der Waals surface area contributed by atoms with Gasteiger partial charge in [-0.2, -0.15) is 0 Å². The third kappa shape index (κ3) is 8.62. The molecule has 2 saturated carbocycles. The lowest BCUT2D eigenvalue weighted by Crippen LogP contribution is -2.58. The number of carbonyl (C=O) groups is 5. The van der Waals surface area contributed by atoms with Crippen LogP contribution in [0.15, 0.2) is 30.4 Å². The van der Waals surface area contributed by atoms with E-state index in [1.54, 1.807) is 32.9 Å². The number of sulfonamides is 1. The number of rotatable bonds is 5. The highest BCUT2D eigenvalue weighted by atomic mass is 35.5. The van der Waals surface area contributed by atoms with Gasteiger partial charge in [-0.05, 0) is 82.6 Å². The maximum absolute atomic E-state index is 14.3. The number of carbonyl (C=O) groups excluding carboxylic acids is 5. The average molecular weight is 748 g/mol. The number of nitrogens with one attached hydrogen (secondary N) is 3. The van der Waals surface area contributed by atoms with Gasteiger partial charge >= 0.3 is 12.2 Å². The zero-order chi connectivity index (χ0) is 36.7. The Labute approximate surface area is 303 Å². The third-order valence-electron chi connectivity index (χ3n) is 9.95. The lowest BCUT2D eigenvalue weighted by molar-refractivity contribution is -0.141. The van der Waals surface area contributed by atoms with Crippen LogP contribution >= 0.6 is 11.6 Å². The monoisotopic (exact) mass is 747 g/mol. The first-order valence-corrected chi connectivity index (χ1v) is 19.5. The first-order chi connectivity index (χ1) is 24.0. The summed E-state index contributed by atoms with van der Waals surface area (Å²) in [5.74, 6) is -2.52. The summed E-state index contributed by atoms with van der Waals surface area (Å²) in [6.07, 6.45) is 5.54. The molecule has 5 amide bonds. The van der Waals surface area contributed by atoms with E-state index in [4.69, 9.17) is 21.1 Å². The summed E-state index contributed by atoms with van der Waals surface area (Å²) in [7, 11) is -3.90. The van der Waals surface area contributed by atoms with E-state index in [-0.39, 0.29) is 32.4 Å². The van der Waals surface area contributed by atoms with Crippen molar-refractivity contribution in [3.05, 3.63) is 46.5 Å². The Kier molecular flexibility index (Phi) is 10.3. The Morgan fingerprint density at radius 1 is 1.04 bits per heavy atom. The van der Waals surface area contributed by atoms with Gasteiger partial charge in [-0.25, -0.2) is 18.0 Å². The molecule has 0 bridgehead atoms. The predicted molar refractivity (Wildman–Crippen MR) is 186 cm³/mol. The van der Waals surface area contributed by atoms with Crippen molar-refractivity contribution in [2.75, 3.05) is 6.54 Å². The summed E-state index contributed by atoms with van der Waals surface area (Å²) in [4.78, 5) is 71.1. The highest BCUT2D eigenvalue weighted by Crippen LogP contribution is 2.46. The molecule has 0 aromatic heterocycles. The van der Waals surface area contributed by atoms with Gasteiger partial charge in [0.1, 0.15) is 29.3 Å². The SMILES string of the molecule is CC(C)(C)OC(=O)N[C@H]1CCCCC/C=C/[C@@H]2C[C@@]2(C(=O)NS(=O)(=O)C2CC2)NC(=O)[C@@H]2C[C@@H](OC(=O)N3Cc4ccc(Cl)cc4C3)CN2C1=O. The number of allylic oxidation sites excluding steroid dienone is 1. The van der Waals surface area contributed by atoms with Crippen molar-refractivity contribution in [2.24, 2.45) is 5.92 Å². The van der Waals surface area contributed by atoms with Gasteiger partial charge in [-0.3, -0.25) is 24.0 Å². The number of hydrogen-bond donors (Lipinski definition) is 3. The van der Waals surface area contributed by atoms with E-state index >= 15 is 0 Å². The lowest BCUT2D eigenvalue weighted by atomic mass is 10.0. The largest absolute Gasteiger partial charge is 0.444 e. The zero-order valence-corrected chi connectivity index (χ0v) is 30.7. The van der Waals surface area contributed by atoms with Crippen LogP contribution in [-0.4, -0.2) is 89.2 Å². The molecule has 0 unspecified atom stereocenters. The minimum absolute atomic E-state index is 0.0757. The molecule has 1 saturated heterocycles. The molecule has 0 spiro atoms. The molecule has 1 aromatic carbocycles. The summed E-state index contributed by atoms with van der Waals surface area (Å²) >= 11 is 6.14. The van der Waals surface area contributed by atoms with Crippen LogP contribution in [0.1, 0.15) is 89.7 Å². The summed E-state index contributed by atoms with van der Waals surface area (Å²) < 4.78 is 39.0. The van der Waals surface area contributed by atoms with Gasteiger partial charge in [0.2, 0.25) is 21.8 Å². The van der Waals surface area contributed by atoms with Crippen LogP contribution in [0.3, 0.4) is 0 Å². The zero-order valence-electron chi connectivity index (χ0n) is 29.1. The number of halogens is 1. The molecule has 3 aliphatic heterocycles. The highest BCUT2D eigenvalue weighted by Gasteiger charge is 2.62. The minimum Gasteiger partial charge on any atom is -0.444 e. The van der Waals surface area contributed by atoms with Crippen molar-refractivity contribution in [3.8, 4) is 0 Å². The van der Waals surface area contributed by atoms with Crippen molar-refractivity contribution in [1.29, 1.82) is 0 Å². The Balaban J connectivity index is 1.25. The second kappa shape index (κ2) is 14.3. The van der Waals surface area contributed by atoms with Crippen LogP contribution in [0.2, 0.25) is 5.02 Å². The van der Waals surface area contributed by atoms with Crippen molar-refractivity contribution >= 4 is 51.5 Å². The second-order valence-electron chi connectivity index (χ2n) is 15.2. The third-order valence-corrected chi connectivity index (χ3v) is 12.0. The van der Waals surface area contributed by atoms with Crippen LogP contribution in [0.25, 0.3) is 0 Å². The maximum Gasteiger partial charge on any atom is 0.410 e. The van der Waals surface area contributed by atoms with Crippen LogP contribution in [0.5, 0.6) is 0 Å². The number of ether oxygens (including phenoxy) is 2. The molecule has 6 rings (SSSR count). The van der Waals surface area contributed by atoms with Gasteiger partial charge < -0.3 is 25.0 Å². The lowest BCUT2D eigenvalue weighted by Gasteiger charge is -2.30. The minimum atomic E-state index is -3.90. The first-order valence-electron chi connectivity index (χ1n) is 17.6. The second-order valence-corrected chi connectivity index (χ2v) is 17.6. The molecule has 3 fully saturated rings. The fraction of sp³-hybridized carbons (Fsp3) is 0.629. The molecule has 51 heavy (non-hydrogen) atoms. The molecular formula is C35H46ClN5O9S. The fourth-order valence-corrected chi connectivity index (χ4v) is 8.57. The van der Waals surface area contributed by atoms with Crippen LogP contribution in [0, 0.1) is 5.92 Å². The number of alkyl carbamates (subject to hydrolysis) is 1. The topological polar surface area (TPSA) is 181 Å². The summed E-state index contributed by atoms with van der Waals surface area (Å²) in [6, 6.07) is 3.16. The Morgan fingerprint density at radius 3 is 2.51 bits per heavy atom. The van der Waals surface area contributed by atoms with E-state index in [0.29, 0.717) is 37.3 Å². The quantitative estimate of drug-likeness (QED) is 0.379. The molecule has 14 nitrogen and oxygen atoms in total. The van der Waals surface area contributed by atoms with E-state index in [1.807, 2.05) is 18.2 Å². The van der Waals surface area contributed by atoms with E-state index in [2.05, 4.69) is 15.4 Å². The van der Waals surface area contributed by atoms with Gasteiger partial charge in [0.15, 0.2) is 0 Å². The molecular weight excluding hydrogens is 702 g/mol. The van der Waals surface area contributed by atoms with Gasteiger partial charge in [-0.15, -0.1) is 0 Å². The van der Waals surface area contributed by atoms with Crippen molar-refractivity contribution in [3.63, 3.8) is 0 Å². The van der Waals surface area contributed by atoms with Crippen LogP contribution < -0.4 is 15.4 Å². The molecule has 1 aromatic rings. The number of benzene rings is 1. The molecule has 16 heteroatoms. The number of fused-ring (bicyclic) bond motifs is 3. The number of amides is 5. The fourth-order valence-electron chi connectivity index (χ4n) is 7.01. The number of nitrogens with zero attached hydrogens (tertiary/aromatic N) is 2. The molecule has 0 radical (unpaired) electrons. The average Bonchev–Trinajstić information content (AvgIpc) is 3.93. The van der Waals surface area contributed by atoms with Crippen molar-refractivity contribution in [2.45, 2.75) is 126 Å². The van der Waals surface area contributed by atoms with E-state index in [9.17, 15) is 32.4 Å². The van der Waals surface area contributed by atoms with Gasteiger partial charge in [0.25, 0.3) is 5.91 Å². The van der Waals surface area contributed by atoms with Crippen molar-refractivity contribution < 1.29 is 41.9 Å². The van der Waals surface area contributed by atoms with E-state index < -0.39 is 80.4 Å². The summed E-state index contributed by atoms with van der Waals surface area (Å²) in [5, 5.41) is 5.40. The molecule has 5 atom stereocenters. The van der Waals surface area contributed by atoms with Crippen molar-refractivity contribution in [1.82, 2.24) is 25.2 Å². The molecule has 2 aliphatic carbocycles. The molecule has 3 heterocycles. The Morgan fingerprint density at radius 2 is 1.78 bits per heavy atom. The Hall–Kier alpha value is -3.85. The maximum atomic E-state index is 14.3. The van der Waals surface area contributed by atoms with Gasteiger partial charge in [0, 0.05) is 30.5 Å². The van der Waals surface area contributed by atoms with Crippen LogP contribution in [0.4, 0.5) is 9.59 Å². The van der Waals surface area contributed by atoms with Crippen LogP contribution in [-0.2, 0) is 47.0 Å². The standard InChI is InChI=1S/C35H46ClN5O9S/c1-34(2,3)50-32(45)37-27-10-8-6-4-5-7-9-23-17-35(23,31(44)39-51(47,48)26-13-14-26)38-29(42)28-16-25(20-41(28)30(27)43)49-33(46)40-18-21-11-12-24(36)15-22(21)19-40/h7,9,11-12,15,23,25-28H,4-6,8,10,13-14,16-20H2,1-3H3,(H,37,45)(H,38,42)(H,39,44)/b9-7+/t23-,25-,27+,28+,35-/m1/s1.